The first-order chi connectivity index (χ1) is 9.40. The van der Waals surface area contributed by atoms with Crippen molar-refractivity contribution in [1.29, 1.82) is 0 Å². The molecular formula is C13H20N4O3. The lowest BCUT2D eigenvalue weighted by Gasteiger charge is -2.37. The highest BCUT2D eigenvalue weighted by atomic mass is 16.4. The van der Waals surface area contributed by atoms with Gasteiger partial charge in [0.1, 0.15) is 0 Å². The smallest absolute Gasteiger partial charge is 0.317 e. The minimum absolute atomic E-state index is 0.233. The van der Waals surface area contributed by atoms with Gasteiger partial charge in [-0.15, -0.1) is 0 Å². The number of amides is 2. The van der Waals surface area contributed by atoms with E-state index in [2.05, 4.69) is 10.4 Å². The quantitative estimate of drug-likeness (QED) is 0.858. The van der Waals surface area contributed by atoms with Crippen LogP contribution in [0.2, 0.25) is 0 Å². The number of carbonyl (C=O) groups excluding carboxylic acids is 1. The molecule has 0 saturated carbocycles. The molecule has 1 aromatic rings. The minimum atomic E-state index is -0.847. The second-order valence-corrected chi connectivity index (χ2v) is 5.53. The van der Waals surface area contributed by atoms with Gasteiger partial charge in [0.05, 0.1) is 17.7 Å². The highest BCUT2D eigenvalue weighted by Crippen LogP contribution is 2.29. The molecule has 0 aliphatic carbocycles. The number of urea groups is 1. The van der Waals surface area contributed by atoms with Crippen LogP contribution in [0.3, 0.4) is 0 Å². The standard InChI is InChI=1S/C13H20N4O3/c1-13(11(18)19)5-3-6-17(9-13)12(20)14-8-10-4-7-16(2)15-10/h4,7H,3,5-6,8-9H2,1-2H3,(H,14,20)(H,18,19). The summed E-state index contributed by atoms with van der Waals surface area (Å²) < 4.78 is 1.67. The average Bonchev–Trinajstić information content (AvgIpc) is 2.81. The van der Waals surface area contributed by atoms with E-state index in [0.29, 0.717) is 25.9 Å². The van der Waals surface area contributed by atoms with Crippen LogP contribution in [0.4, 0.5) is 4.79 Å². The number of aryl methyl sites for hydroxylation is 1. The van der Waals surface area contributed by atoms with Crippen molar-refractivity contribution < 1.29 is 14.7 Å². The van der Waals surface area contributed by atoms with Crippen molar-refractivity contribution in [3.63, 3.8) is 0 Å². The summed E-state index contributed by atoms with van der Waals surface area (Å²) >= 11 is 0. The molecule has 1 aliphatic heterocycles. The van der Waals surface area contributed by atoms with Crippen molar-refractivity contribution >= 4 is 12.0 Å². The Labute approximate surface area is 117 Å². The van der Waals surface area contributed by atoms with E-state index in [9.17, 15) is 14.7 Å². The summed E-state index contributed by atoms with van der Waals surface area (Å²) in [5, 5.41) is 16.2. The molecule has 2 heterocycles. The summed E-state index contributed by atoms with van der Waals surface area (Å²) in [6.07, 6.45) is 3.12. The van der Waals surface area contributed by atoms with E-state index in [1.807, 2.05) is 19.3 Å². The molecule has 0 spiro atoms. The predicted molar refractivity (Wildman–Crippen MR) is 72.0 cm³/mol. The van der Waals surface area contributed by atoms with Crippen LogP contribution in [0.5, 0.6) is 0 Å². The third kappa shape index (κ3) is 3.09. The minimum Gasteiger partial charge on any atom is -0.481 e. The van der Waals surface area contributed by atoms with Gasteiger partial charge in [-0.2, -0.15) is 5.10 Å². The Kier molecular flexibility index (Phi) is 3.96. The number of carbonyl (C=O) groups is 2. The fourth-order valence-electron chi connectivity index (χ4n) is 2.42. The Morgan fingerprint density at radius 3 is 2.90 bits per heavy atom. The highest BCUT2D eigenvalue weighted by Gasteiger charge is 2.39. The van der Waals surface area contributed by atoms with Gasteiger partial charge in [-0.25, -0.2) is 4.79 Å². The predicted octanol–water partition coefficient (Wildman–Crippen LogP) is 0.816. The van der Waals surface area contributed by atoms with Crippen molar-refractivity contribution in [2.75, 3.05) is 13.1 Å². The Morgan fingerprint density at radius 1 is 1.55 bits per heavy atom. The first-order valence-electron chi connectivity index (χ1n) is 6.65. The van der Waals surface area contributed by atoms with Crippen molar-refractivity contribution in [3.05, 3.63) is 18.0 Å². The number of hydrogen-bond acceptors (Lipinski definition) is 3. The van der Waals surface area contributed by atoms with Crippen LogP contribution in [0.15, 0.2) is 12.3 Å². The molecule has 2 amide bonds. The second kappa shape index (κ2) is 5.52. The third-order valence-electron chi connectivity index (χ3n) is 3.69. The maximum Gasteiger partial charge on any atom is 0.317 e. The number of aliphatic carboxylic acids is 1. The summed E-state index contributed by atoms with van der Waals surface area (Å²) in [6, 6.07) is 1.60. The molecule has 20 heavy (non-hydrogen) atoms. The summed E-state index contributed by atoms with van der Waals surface area (Å²) in [5.41, 5.74) is -0.0699. The van der Waals surface area contributed by atoms with Crippen LogP contribution in [-0.2, 0) is 18.4 Å². The molecule has 1 aliphatic rings. The van der Waals surface area contributed by atoms with E-state index in [0.717, 1.165) is 5.69 Å². The number of rotatable bonds is 3. The first-order valence-corrected chi connectivity index (χ1v) is 6.65. The SMILES string of the molecule is Cn1ccc(CNC(=O)N2CCCC(C)(C(=O)O)C2)n1. The van der Waals surface area contributed by atoms with Gasteiger partial charge in [-0.3, -0.25) is 9.48 Å². The number of likely N-dealkylation sites (tertiary alicyclic amines) is 1. The Balaban J connectivity index is 1.90. The van der Waals surface area contributed by atoms with Crippen molar-refractivity contribution in [3.8, 4) is 0 Å². The van der Waals surface area contributed by atoms with Crippen LogP contribution in [0.1, 0.15) is 25.5 Å². The molecule has 7 heteroatoms. The maximum atomic E-state index is 12.1. The van der Waals surface area contributed by atoms with E-state index in [-0.39, 0.29) is 12.6 Å². The van der Waals surface area contributed by atoms with Gasteiger partial charge >= 0.3 is 12.0 Å². The highest BCUT2D eigenvalue weighted by molar-refractivity contribution is 5.78. The number of piperidine rings is 1. The van der Waals surface area contributed by atoms with Gasteiger partial charge < -0.3 is 15.3 Å². The van der Waals surface area contributed by atoms with Crippen LogP contribution >= 0.6 is 0 Å². The zero-order chi connectivity index (χ0) is 14.8. The lowest BCUT2D eigenvalue weighted by molar-refractivity contribution is -0.150. The van der Waals surface area contributed by atoms with E-state index in [1.165, 1.54) is 0 Å². The molecule has 1 atom stereocenters. The lowest BCUT2D eigenvalue weighted by Crippen LogP contribution is -2.51. The number of nitrogens with one attached hydrogen (secondary N) is 1. The lowest BCUT2D eigenvalue weighted by atomic mass is 9.82. The summed E-state index contributed by atoms with van der Waals surface area (Å²) in [5.74, 6) is -0.847. The molecule has 0 radical (unpaired) electrons. The van der Waals surface area contributed by atoms with E-state index in [4.69, 9.17) is 0 Å². The summed E-state index contributed by atoms with van der Waals surface area (Å²) in [4.78, 5) is 24.9. The number of aromatic nitrogens is 2. The van der Waals surface area contributed by atoms with Gasteiger partial charge in [-0.1, -0.05) is 0 Å². The molecule has 2 rings (SSSR count). The van der Waals surface area contributed by atoms with Gasteiger partial charge in [0.25, 0.3) is 0 Å². The van der Waals surface area contributed by atoms with Crippen molar-refractivity contribution in [1.82, 2.24) is 20.0 Å². The monoisotopic (exact) mass is 280 g/mol. The summed E-state index contributed by atoms with van der Waals surface area (Å²) in [6.45, 7) is 2.88. The molecule has 1 unspecified atom stereocenters. The molecule has 1 saturated heterocycles. The normalized spacial score (nSPS) is 22.6. The first kappa shape index (κ1) is 14.4. The van der Waals surface area contributed by atoms with E-state index in [1.54, 1.807) is 16.5 Å². The van der Waals surface area contributed by atoms with Crippen LogP contribution in [0.25, 0.3) is 0 Å². The number of hydrogen-bond donors (Lipinski definition) is 2. The van der Waals surface area contributed by atoms with Gasteiger partial charge in [0.2, 0.25) is 0 Å². The Morgan fingerprint density at radius 2 is 2.30 bits per heavy atom. The molecule has 110 valence electrons. The fourth-order valence-corrected chi connectivity index (χ4v) is 2.42. The van der Waals surface area contributed by atoms with Gasteiger partial charge in [-0.05, 0) is 25.8 Å². The van der Waals surface area contributed by atoms with Crippen LogP contribution in [0, 0.1) is 5.41 Å². The van der Waals surface area contributed by atoms with Crippen LogP contribution in [-0.4, -0.2) is 44.9 Å². The molecule has 1 aromatic heterocycles. The largest absolute Gasteiger partial charge is 0.481 e. The molecule has 0 bridgehead atoms. The maximum absolute atomic E-state index is 12.1. The average molecular weight is 280 g/mol. The van der Waals surface area contributed by atoms with Crippen molar-refractivity contribution in [2.45, 2.75) is 26.3 Å². The Hall–Kier alpha value is -2.05. The third-order valence-corrected chi connectivity index (χ3v) is 3.69. The van der Waals surface area contributed by atoms with Crippen molar-refractivity contribution in [2.24, 2.45) is 12.5 Å². The number of carboxylic acids is 1. The number of carboxylic acid groups (broad SMARTS) is 1. The second-order valence-electron chi connectivity index (χ2n) is 5.53. The molecule has 0 aromatic carbocycles. The topological polar surface area (TPSA) is 87.5 Å². The molecular weight excluding hydrogens is 260 g/mol. The van der Waals surface area contributed by atoms with Crippen LogP contribution < -0.4 is 5.32 Å². The van der Waals surface area contributed by atoms with Gasteiger partial charge in [0.15, 0.2) is 0 Å². The number of nitrogens with zero attached hydrogens (tertiary/aromatic N) is 3. The fraction of sp³-hybridized carbons (Fsp3) is 0.615. The zero-order valence-electron chi connectivity index (χ0n) is 11.8. The van der Waals surface area contributed by atoms with Gasteiger partial charge in [0, 0.05) is 26.3 Å². The summed E-state index contributed by atoms with van der Waals surface area (Å²) in [7, 11) is 1.81. The van der Waals surface area contributed by atoms with E-state index < -0.39 is 11.4 Å². The Bertz CT molecular complexity index is 513. The zero-order valence-corrected chi connectivity index (χ0v) is 11.8. The molecule has 1 fully saturated rings. The molecule has 2 N–H and O–H groups in total. The van der Waals surface area contributed by atoms with E-state index >= 15 is 0 Å². The molecule has 7 nitrogen and oxygen atoms in total.